The van der Waals surface area contributed by atoms with Crippen LogP contribution < -0.4 is 5.73 Å². The molecule has 8 atom stereocenters. The number of rotatable bonds is 0. The SMILES string of the molecule is C[C@]12CCC(O)C[C@H]1CC[C@@H]1[C@@H]2CC[C@]2(C)C(N)CC[C@@H]12. The molecule has 21 heavy (non-hydrogen) atoms. The molecule has 0 saturated heterocycles. The third-order valence-corrected chi connectivity index (χ3v) is 8.71. The fourth-order valence-corrected chi connectivity index (χ4v) is 7.28. The second kappa shape index (κ2) is 4.71. The summed E-state index contributed by atoms with van der Waals surface area (Å²) in [6.07, 6.45) is 11.5. The van der Waals surface area contributed by atoms with Crippen molar-refractivity contribution < 1.29 is 5.11 Å². The normalized spacial score (nSPS) is 60.0. The standard InChI is InChI=1S/C19H33NO/c1-18-9-7-13(21)11-12(18)3-4-14-15-5-6-17(20)19(15,2)10-8-16(14)18/h12-17,21H,3-11,20H2,1-2H3/t12-,13?,14+,15+,16+,17?,18+,19+/m1/s1. The largest absolute Gasteiger partial charge is 0.393 e. The maximum Gasteiger partial charge on any atom is 0.0543 e. The molecule has 2 heteroatoms. The summed E-state index contributed by atoms with van der Waals surface area (Å²) >= 11 is 0. The van der Waals surface area contributed by atoms with Crippen molar-refractivity contribution >= 4 is 0 Å². The Morgan fingerprint density at radius 2 is 1.57 bits per heavy atom. The molecule has 2 unspecified atom stereocenters. The Bertz CT molecular complexity index is 424. The first kappa shape index (κ1) is 14.5. The van der Waals surface area contributed by atoms with E-state index >= 15 is 0 Å². The molecule has 3 N–H and O–H groups in total. The molecule has 4 saturated carbocycles. The maximum atomic E-state index is 10.1. The van der Waals surface area contributed by atoms with Crippen LogP contribution in [0.4, 0.5) is 0 Å². The molecule has 0 aromatic rings. The average Bonchev–Trinajstić information content (AvgIpc) is 2.76. The van der Waals surface area contributed by atoms with Gasteiger partial charge >= 0.3 is 0 Å². The Labute approximate surface area is 129 Å². The van der Waals surface area contributed by atoms with Crippen molar-refractivity contribution in [2.24, 2.45) is 40.2 Å². The smallest absolute Gasteiger partial charge is 0.0543 e. The van der Waals surface area contributed by atoms with Gasteiger partial charge in [0, 0.05) is 6.04 Å². The van der Waals surface area contributed by atoms with Crippen LogP contribution in [0.3, 0.4) is 0 Å². The summed E-state index contributed by atoms with van der Waals surface area (Å²) in [7, 11) is 0. The van der Waals surface area contributed by atoms with Gasteiger partial charge in [0.1, 0.15) is 0 Å². The first-order valence-corrected chi connectivity index (χ1v) is 9.39. The molecular weight excluding hydrogens is 258 g/mol. The van der Waals surface area contributed by atoms with E-state index in [1.165, 1.54) is 44.9 Å². The van der Waals surface area contributed by atoms with E-state index in [-0.39, 0.29) is 6.10 Å². The van der Waals surface area contributed by atoms with E-state index in [2.05, 4.69) is 13.8 Å². The van der Waals surface area contributed by atoms with Crippen molar-refractivity contribution in [2.75, 3.05) is 0 Å². The first-order chi connectivity index (χ1) is 9.95. The second-order valence-electron chi connectivity index (χ2n) is 9.31. The molecule has 2 nitrogen and oxygen atoms in total. The predicted molar refractivity (Wildman–Crippen MR) is 85.7 cm³/mol. The van der Waals surface area contributed by atoms with Gasteiger partial charge in [-0.2, -0.15) is 0 Å². The molecule has 0 heterocycles. The highest BCUT2D eigenvalue weighted by molar-refractivity contribution is 5.10. The highest BCUT2D eigenvalue weighted by atomic mass is 16.3. The summed E-state index contributed by atoms with van der Waals surface area (Å²) in [5.41, 5.74) is 7.43. The third kappa shape index (κ3) is 1.91. The van der Waals surface area contributed by atoms with E-state index in [0.717, 1.165) is 36.5 Å². The molecule has 0 aromatic heterocycles. The predicted octanol–water partition coefficient (Wildman–Crippen LogP) is 3.72. The molecule has 0 bridgehead atoms. The van der Waals surface area contributed by atoms with Gasteiger partial charge < -0.3 is 10.8 Å². The van der Waals surface area contributed by atoms with E-state index in [4.69, 9.17) is 5.73 Å². The van der Waals surface area contributed by atoms with Crippen LogP contribution in [0.1, 0.15) is 71.6 Å². The van der Waals surface area contributed by atoms with Gasteiger partial charge in [0.15, 0.2) is 0 Å². The molecule has 0 aromatic carbocycles. The van der Waals surface area contributed by atoms with Crippen LogP contribution in [0.5, 0.6) is 0 Å². The Hall–Kier alpha value is -0.0800. The van der Waals surface area contributed by atoms with Crippen molar-refractivity contribution in [1.82, 2.24) is 0 Å². The van der Waals surface area contributed by atoms with Gasteiger partial charge in [-0.05, 0) is 92.3 Å². The minimum absolute atomic E-state index is 0.0200. The Morgan fingerprint density at radius 3 is 2.38 bits per heavy atom. The van der Waals surface area contributed by atoms with E-state index in [1.807, 2.05) is 0 Å². The highest BCUT2D eigenvalue weighted by Gasteiger charge is 2.59. The van der Waals surface area contributed by atoms with Crippen LogP contribution in [0.15, 0.2) is 0 Å². The van der Waals surface area contributed by atoms with E-state index in [0.29, 0.717) is 16.9 Å². The number of fused-ring (bicyclic) bond motifs is 5. The van der Waals surface area contributed by atoms with Crippen LogP contribution in [0.2, 0.25) is 0 Å². The quantitative estimate of drug-likeness (QED) is 0.714. The molecule has 4 rings (SSSR count). The van der Waals surface area contributed by atoms with Gasteiger partial charge in [0.2, 0.25) is 0 Å². The topological polar surface area (TPSA) is 46.2 Å². The summed E-state index contributed by atoms with van der Waals surface area (Å²) in [4.78, 5) is 0. The number of hydrogen-bond donors (Lipinski definition) is 2. The molecule has 4 fully saturated rings. The van der Waals surface area contributed by atoms with Crippen LogP contribution >= 0.6 is 0 Å². The number of nitrogens with two attached hydrogens (primary N) is 1. The van der Waals surface area contributed by atoms with E-state index < -0.39 is 0 Å². The zero-order chi connectivity index (χ0) is 14.8. The van der Waals surface area contributed by atoms with Gasteiger partial charge in [0.05, 0.1) is 6.10 Å². The molecule has 120 valence electrons. The minimum atomic E-state index is -0.0200. The molecule has 0 radical (unpaired) electrons. The van der Waals surface area contributed by atoms with Gasteiger partial charge in [-0.15, -0.1) is 0 Å². The van der Waals surface area contributed by atoms with Gasteiger partial charge in [0.25, 0.3) is 0 Å². The summed E-state index contributed by atoms with van der Waals surface area (Å²) in [5.74, 6) is 3.50. The fourth-order valence-electron chi connectivity index (χ4n) is 7.28. The summed E-state index contributed by atoms with van der Waals surface area (Å²) in [5, 5.41) is 10.1. The molecule has 0 aliphatic heterocycles. The molecule has 0 amide bonds. The van der Waals surface area contributed by atoms with Crippen molar-refractivity contribution in [3.8, 4) is 0 Å². The minimum Gasteiger partial charge on any atom is -0.393 e. The summed E-state index contributed by atoms with van der Waals surface area (Å²) in [6, 6.07) is 0.446. The van der Waals surface area contributed by atoms with Gasteiger partial charge in [-0.1, -0.05) is 13.8 Å². The zero-order valence-corrected chi connectivity index (χ0v) is 13.9. The molecule has 4 aliphatic rings. The monoisotopic (exact) mass is 291 g/mol. The molecular formula is C19H33NO. The maximum absolute atomic E-state index is 10.1. The lowest BCUT2D eigenvalue weighted by Gasteiger charge is -2.60. The summed E-state index contributed by atoms with van der Waals surface area (Å²) in [6.45, 7) is 5.06. The lowest BCUT2D eigenvalue weighted by Crippen LogP contribution is -2.55. The first-order valence-electron chi connectivity index (χ1n) is 9.39. The van der Waals surface area contributed by atoms with Gasteiger partial charge in [-0.3, -0.25) is 0 Å². The third-order valence-electron chi connectivity index (χ3n) is 8.71. The second-order valence-corrected chi connectivity index (χ2v) is 9.31. The fraction of sp³-hybridized carbons (Fsp3) is 1.00. The van der Waals surface area contributed by atoms with E-state index in [9.17, 15) is 5.11 Å². The van der Waals surface area contributed by atoms with Crippen LogP contribution in [0, 0.1) is 34.5 Å². The van der Waals surface area contributed by atoms with Crippen molar-refractivity contribution in [3.63, 3.8) is 0 Å². The zero-order valence-electron chi connectivity index (χ0n) is 13.9. The Balaban J connectivity index is 1.62. The lowest BCUT2D eigenvalue weighted by atomic mass is 9.45. The Morgan fingerprint density at radius 1 is 0.857 bits per heavy atom. The van der Waals surface area contributed by atoms with Gasteiger partial charge in [-0.25, -0.2) is 0 Å². The number of hydrogen-bond acceptors (Lipinski definition) is 2. The van der Waals surface area contributed by atoms with Crippen molar-refractivity contribution in [3.05, 3.63) is 0 Å². The molecule has 0 spiro atoms. The summed E-state index contributed by atoms with van der Waals surface area (Å²) < 4.78 is 0. The lowest BCUT2D eigenvalue weighted by molar-refractivity contribution is -0.122. The number of aliphatic hydroxyl groups excluding tert-OH is 1. The average molecular weight is 291 g/mol. The van der Waals surface area contributed by atoms with Crippen LogP contribution in [-0.2, 0) is 0 Å². The van der Waals surface area contributed by atoms with Crippen LogP contribution in [0.25, 0.3) is 0 Å². The van der Waals surface area contributed by atoms with Crippen molar-refractivity contribution in [1.29, 1.82) is 0 Å². The molecule has 4 aliphatic carbocycles. The number of aliphatic hydroxyl groups is 1. The Kier molecular flexibility index (Phi) is 3.25. The van der Waals surface area contributed by atoms with Crippen molar-refractivity contribution in [2.45, 2.75) is 83.8 Å². The van der Waals surface area contributed by atoms with E-state index in [1.54, 1.807) is 0 Å². The van der Waals surface area contributed by atoms with Crippen LogP contribution in [-0.4, -0.2) is 17.3 Å². The highest BCUT2D eigenvalue weighted by Crippen LogP contribution is 2.65.